The Morgan fingerprint density at radius 3 is 2.71 bits per heavy atom. The monoisotopic (exact) mass is 470 g/mol. The van der Waals surface area contributed by atoms with Crippen LogP contribution in [0.15, 0.2) is 10.6 Å². The molecule has 0 spiro atoms. The van der Waals surface area contributed by atoms with Crippen LogP contribution in [0.1, 0.15) is 27.2 Å². The smallest absolute Gasteiger partial charge is 0.353 e. The van der Waals surface area contributed by atoms with Gasteiger partial charge in [-0.15, -0.1) is 11.8 Å². The summed E-state index contributed by atoms with van der Waals surface area (Å²) in [6, 6.07) is -0.778. The standard InChI is InChI=1S/C20H30N4O5S2/c1-6-29-20(30)22-10(3)13-14-9(2)16(15(19(27)28)24(14)18(13)26)31-11-7-12(21-8-11)17(25)23(4)5/h9-14,21H,6-8H2,1-5H3,(H,22,30)(H,27,28)/t9-,10-,11+,12+,13-,14-/m1/s1. The first-order chi connectivity index (χ1) is 14.6. The number of rotatable bonds is 7. The molecule has 6 atom stereocenters. The summed E-state index contributed by atoms with van der Waals surface area (Å²) in [5, 5.41) is 16.4. The van der Waals surface area contributed by atoms with E-state index in [-0.39, 0.29) is 57.9 Å². The molecule has 9 nitrogen and oxygen atoms in total. The van der Waals surface area contributed by atoms with E-state index in [4.69, 9.17) is 17.0 Å². The maximum Gasteiger partial charge on any atom is 0.353 e. The molecule has 0 aromatic carbocycles. The van der Waals surface area contributed by atoms with Crippen LogP contribution in [-0.4, -0.2) is 88.5 Å². The molecule has 3 N–H and O–H groups in total. The zero-order valence-corrected chi connectivity index (χ0v) is 20.0. The van der Waals surface area contributed by atoms with Gasteiger partial charge in [0.15, 0.2) is 0 Å². The number of hydrogen-bond acceptors (Lipinski definition) is 7. The summed E-state index contributed by atoms with van der Waals surface area (Å²) < 4.78 is 5.27. The van der Waals surface area contributed by atoms with Crippen LogP contribution in [0.25, 0.3) is 0 Å². The van der Waals surface area contributed by atoms with Crippen molar-refractivity contribution < 1.29 is 24.2 Å². The minimum Gasteiger partial charge on any atom is -0.477 e. The lowest BCUT2D eigenvalue weighted by Gasteiger charge is -2.47. The van der Waals surface area contributed by atoms with Gasteiger partial charge in [-0.2, -0.15) is 0 Å². The second-order valence-electron chi connectivity index (χ2n) is 8.35. The molecule has 0 radical (unpaired) electrons. The minimum absolute atomic E-state index is 0.0132. The van der Waals surface area contributed by atoms with Gasteiger partial charge in [0.25, 0.3) is 5.17 Å². The largest absolute Gasteiger partial charge is 0.477 e. The Labute approximate surface area is 191 Å². The molecular weight excluding hydrogens is 440 g/mol. The zero-order chi connectivity index (χ0) is 23.0. The predicted molar refractivity (Wildman–Crippen MR) is 121 cm³/mol. The fourth-order valence-electron chi connectivity index (χ4n) is 4.62. The number of aliphatic carboxylic acids is 1. The van der Waals surface area contributed by atoms with E-state index < -0.39 is 5.97 Å². The van der Waals surface area contributed by atoms with Crippen LogP contribution in [0, 0.1) is 11.8 Å². The number of ether oxygens (including phenoxy) is 1. The zero-order valence-electron chi connectivity index (χ0n) is 18.4. The van der Waals surface area contributed by atoms with Crippen LogP contribution in [-0.2, 0) is 19.1 Å². The maximum absolute atomic E-state index is 12.9. The maximum atomic E-state index is 12.9. The highest BCUT2D eigenvalue weighted by atomic mass is 32.2. The lowest BCUT2D eigenvalue weighted by atomic mass is 9.78. The van der Waals surface area contributed by atoms with Crippen LogP contribution in [0.2, 0.25) is 0 Å². The molecular formula is C20H30N4O5S2. The first kappa shape index (κ1) is 23.8. The van der Waals surface area contributed by atoms with Gasteiger partial charge >= 0.3 is 5.97 Å². The fourth-order valence-corrected chi connectivity index (χ4v) is 6.40. The van der Waals surface area contributed by atoms with Gasteiger partial charge in [-0.05, 0) is 32.5 Å². The van der Waals surface area contributed by atoms with Gasteiger partial charge in [0.2, 0.25) is 11.8 Å². The number of carboxylic acid groups (broad SMARTS) is 1. The number of nitrogens with one attached hydrogen (secondary N) is 2. The van der Waals surface area contributed by atoms with Gasteiger partial charge in [-0.25, -0.2) is 4.79 Å². The number of thiocarbonyl (C=S) groups is 1. The second kappa shape index (κ2) is 9.33. The van der Waals surface area contributed by atoms with E-state index in [0.717, 1.165) is 0 Å². The summed E-state index contributed by atoms with van der Waals surface area (Å²) in [5.41, 5.74) is 0.0747. The van der Waals surface area contributed by atoms with Crippen molar-refractivity contribution in [2.75, 3.05) is 27.2 Å². The topological polar surface area (TPSA) is 111 Å². The number of nitrogens with zero attached hydrogens (tertiary/aromatic N) is 2. The lowest BCUT2D eigenvalue weighted by Crippen LogP contribution is -2.66. The van der Waals surface area contributed by atoms with E-state index in [9.17, 15) is 19.5 Å². The van der Waals surface area contributed by atoms with Crippen molar-refractivity contribution in [2.24, 2.45) is 11.8 Å². The van der Waals surface area contributed by atoms with Crippen molar-refractivity contribution in [3.8, 4) is 0 Å². The molecule has 11 heteroatoms. The lowest BCUT2D eigenvalue weighted by molar-refractivity contribution is -0.158. The molecule has 2 saturated heterocycles. The quantitative estimate of drug-likeness (QED) is 0.364. The Kier molecular flexibility index (Phi) is 7.17. The average Bonchev–Trinajstić information content (AvgIpc) is 3.23. The third-order valence-electron chi connectivity index (χ3n) is 6.07. The highest BCUT2D eigenvalue weighted by Gasteiger charge is 2.60. The molecule has 3 aliphatic rings. The Hall–Kier alpha value is -1.85. The van der Waals surface area contributed by atoms with E-state index in [1.807, 2.05) is 20.8 Å². The predicted octanol–water partition coefficient (Wildman–Crippen LogP) is 0.611. The van der Waals surface area contributed by atoms with E-state index >= 15 is 0 Å². The molecule has 0 saturated carbocycles. The van der Waals surface area contributed by atoms with Crippen molar-refractivity contribution in [2.45, 2.75) is 50.6 Å². The van der Waals surface area contributed by atoms with Crippen molar-refractivity contribution >= 4 is 46.9 Å². The van der Waals surface area contributed by atoms with Gasteiger partial charge in [-0.3, -0.25) is 9.59 Å². The minimum atomic E-state index is -1.10. The molecule has 2 fully saturated rings. The highest BCUT2D eigenvalue weighted by Crippen LogP contribution is 2.51. The van der Waals surface area contributed by atoms with Gasteiger partial charge in [0.1, 0.15) is 5.70 Å². The molecule has 3 heterocycles. The Morgan fingerprint density at radius 1 is 1.45 bits per heavy atom. The summed E-state index contributed by atoms with van der Waals surface area (Å²) in [5.74, 6) is -1.80. The number of fused-ring (bicyclic) bond motifs is 1. The Morgan fingerprint density at radius 2 is 2.13 bits per heavy atom. The molecule has 0 aromatic heterocycles. The Bertz CT molecular complexity index is 817. The number of amides is 2. The molecule has 0 aliphatic carbocycles. The number of β-lactam (4-membered cyclic amide) rings is 1. The van der Waals surface area contributed by atoms with Gasteiger partial charge in [-0.1, -0.05) is 6.92 Å². The molecule has 3 rings (SSSR count). The first-order valence-corrected chi connectivity index (χ1v) is 11.7. The number of carbonyl (C=O) groups excluding carboxylic acids is 2. The summed E-state index contributed by atoms with van der Waals surface area (Å²) in [7, 11) is 3.44. The SMILES string of the molecule is CCOC(=S)N[C@H](C)[C@H]1C(=O)N2C(C(=O)O)=C(S[C@@H]3CN[C@H](C(=O)N(C)C)C3)[C@H](C)[C@H]12. The van der Waals surface area contributed by atoms with Crippen molar-refractivity contribution in [1.82, 2.24) is 20.4 Å². The molecule has 0 unspecified atom stereocenters. The summed E-state index contributed by atoms with van der Waals surface area (Å²) in [6.07, 6.45) is 0.618. The van der Waals surface area contributed by atoms with E-state index in [1.54, 1.807) is 19.0 Å². The third kappa shape index (κ3) is 4.40. The fraction of sp³-hybridized carbons (Fsp3) is 0.700. The number of carboxylic acids is 1. The van der Waals surface area contributed by atoms with E-state index in [1.165, 1.54) is 16.7 Å². The molecule has 0 aromatic rings. The molecule has 3 aliphatic heterocycles. The molecule has 172 valence electrons. The first-order valence-electron chi connectivity index (χ1n) is 10.4. The van der Waals surface area contributed by atoms with E-state index in [0.29, 0.717) is 24.5 Å². The number of thioether (sulfide) groups is 1. The summed E-state index contributed by atoms with van der Waals surface area (Å²) >= 11 is 6.62. The third-order valence-corrected chi connectivity index (χ3v) is 7.82. The highest BCUT2D eigenvalue weighted by molar-refractivity contribution is 8.03. The van der Waals surface area contributed by atoms with Gasteiger partial charge in [0.05, 0.1) is 24.6 Å². The normalized spacial score (nSPS) is 30.5. The number of carbonyl (C=O) groups is 3. The van der Waals surface area contributed by atoms with Crippen molar-refractivity contribution in [3.63, 3.8) is 0 Å². The molecule has 31 heavy (non-hydrogen) atoms. The van der Waals surface area contributed by atoms with Crippen LogP contribution in [0.3, 0.4) is 0 Å². The van der Waals surface area contributed by atoms with Crippen LogP contribution in [0.4, 0.5) is 0 Å². The average molecular weight is 471 g/mol. The molecule has 0 bridgehead atoms. The summed E-state index contributed by atoms with van der Waals surface area (Å²) in [4.78, 5) is 40.9. The van der Waals surface area contributed by atoms with Crippen molar-refractivity contribution in [1.29, 1.82) is 0 Å². The van der Waals surface area contributed by atoms with Gasteiger partial charge < -0.3 is 30.3 Å². The van der Waals surface area contributed by atoms with Crippen LogP contribution >= 0.6 is 24.0 Å². The second-order valence-corrected chi connectivity index (χ2v) is 10.1. The molecule has 2 amide bonds. The Balaban J connectivity index is 1.74. The van der Waals surface area contributed by atoms with Crippen molar-refractivity contribution in [3.05, 3.63) is 10.6 Å². The summed E-state index contributed by atoms with van der Waals surface area (Å²) in [6.45, 7) is 6.70. The van der Waals surface area contributed by atoms with E-state index in [2.05, 4.69) is 10.6 Å². The van der Waals surface area contributed by atoms with Crippen LogP contribution < -0.4 is 10.6 Å². The van der Waals surface area contributed by atoms with Gasteiger partial charge in [0, 0.05) is 42.8 Å². The van der Waals surface area contributed by atoms with Crippen LogP contribution in [0.5, 0.6) is 0 Å². The number of likely N-dealkylation sites (N-methyl/N-ethyl adjacent to an activating group) is 1. The number of hydrogen-bond donors (Lipinski definition) is 3.